The molecule has 0 saturated heterocycles. The van der Waals surface area contributed by atoms with Crippen LogP contribution in [0.3, 0.4) is 0 Å². The highest BCUT2D eigenvalue weighted by Gasteiger charge is 2.44. The van der Waals surface area contributed by atoms with Gasteiger partial charge in [0.1, 0.15) is 24.1 Å². The molecule has 174 valence electrons. The van der Waals surface area contributed by atoms with E-state index in [1.807, 2.05) is 30.3 Å². The average molecular weight is 469 g/mol. The van der Waals surface area contributed by atoms with E-state index in [-0.39, 0.29) is 37.2 Å². The molecule has 3 aromatic rings. The molecule has 0 aliphatic carbocycles. The average Bonchev–Trinajstić information content (AvgIpc) is 3.27. The molecule has 1 N–H and O–H groups in total. The fourth-order valence-corrected chi connectivity index (χ4v) is 4.00. The summed E-state index contributed by atoms with van der Waals surface area (Å²) in [4.78, 5) is 16.8. The number of nitrogens with zero attached hydrogens (tertiary/aromatic N) is 4. The van der Waals surface area contributed by atoms with Gasteiger partial charge in [-0.25, -0.2) is 9.67 Å². The van der Waals surface area contributed by atoms with Crippen LogP contribution < -0.4 is 14.8 Å². The molecule has 0 radical (unpaired) electrons. The second kappa shape index (κ2) is 8.37. The number of rotatable bonds is 3. The van der Waals surface area contributed by atoms with Crippen molar-refractivity contribution < 1.29 is 27.4 Å². The van der Waals surface area contributed by atoms with Crippen LogP contribution in [0.15, 0.2) is 42.6 Å². The number of carbonyl (C=O) groups is 1. The summed E-state index contributed by atoms with van der Waals surface area (Å²) in [7, 11) is 0. The quantitative estimate of drug-likeness (QED) is 0.632. The van der Waals surface area contributed by atoms with Gasteiger partial charge in [-0.05, 0) is 41.8 Å². The molecule has 2 aliphatic heterocycles. The van der Waals surface area contributed by atoms with Crippen LogP contribution >= 0.6 is 0 Å². The minimum absolute atomic E-state index is 0.0129. The molecule has 1 unspecified atom stereocenters. The van der Waals surface area contributed by atoms with Gasteiger partial charge >= 0.3 is 6.18 Å². The molecule has 1 aromatic carbocycles. The van der Waals surface area contributed by atoms with Crippen molar-refractivity contribution in [3.05, 3.63) is 59.5 Å². The summed E-state index contributed by atoms with van der Waals surface area (Å²) in [5, 5.41) is 15.8. The first-order chi connectivity index (χ1) is 16.3. The topological polar surface area (TPSA) is 102 Å². The van der Waals surface area contributed by atoms with Crippen molar-refractivity contribution in [2.45, 2.75) is 37.7 Å². The maximum Gasteiger partial charge on any atom is 0.425 e. The lowest BCUT2D eigenvalue weighted by molar-refractivity contribution is -0.203. The highest BCUT2D eigenvalue weighted by Crippen LogP contribution is 2.32. The third-order valence-corrected chi connectivity index (χ3v) is 5.72. The van der Waals surface area contributed by atoms with Gasteiger partial charge in [0.15, 0.2) is 11.8 Å². The van der Waals surface area contributed by atoms with Gasteiger partial charge in [0.25, 0.3) is 5.91 Å². The molecule has 34 heavy (non-hydrogen) atoms. The maximum atomic E-state index is 12.9. The molecule has 11 heteroatoms. The molecular formula is C23H18F3N5O3. The van der Waals surface area contributed by atoms with Gasteiger partial charge in [-0.15, -0.1) is 0 Å². The SMILES string of the molecule is N#Cc1ccc(-c2ccc3c(c2)C[C@@H](NC(=O)c2cc4n(n2)CCC(C(F)(F)F)O4)CO3)cn1. The number of nitriles is 1. The summed E-state index contributed by atoms with van der Waals surface area (Å²) in [6, 6.07) is 12.0. The van der Waals surface area contributed by atoms with E-state index in [2.05, 4.69) is 15.4 Å². The van der Waals surface area contributed by atoms with Gasteiger partial charge < -0.3 is 14.8 Å². The van der Waals surface area contributed by atoms with Crippen molar-refractivity contribution in [2.75, 3.05) is 6.61 Å². The normalized spacial score (nSPS) is 19.1. The van der Waals surface area contributed by atoms with Gasteiger partial charge in [-0.2, -0.15) is 23.5 Å². The van der Waals surface area contributed by atoms with E-state index in [1.54, 1.807) is 12.3 Å². The standard InChI is InChI=1S/C23H18F3N5O3/c24-23(25,26)20-5-6-31-21(34-20)9-18(30-31)22(32)29-17-8-15-7-13(2-4-19(15)33-12-17)14-1-3-16(10-27)28-11-14/h1-4,7,9,11,17,20H,5-6,8,12H2,(H,29,32)/t17-,20?/m1/s1. The maximum absolute atomic E-state index is 12.9. The summed E-state index contributed by atoms with van der Waals surface area (Å²) < 4.78 is 50.8. The summed E-state index contributed by atoms with van der Waals surface area (Å²) in [5.41, 5.74) is 2.94. The number of amides is 1. The van der Waals surface area contributed by atoms with Gasteiger partial charge in [0.05, 0.1) is 6.04 Å². The number of hydrogen-bond acceptors (Lipinski definition) is 6. The van der Waals surface area contributed by atoms with Crippen molar-refractivity contribution in [2.24, 2.45) is 0 Å². The Labute approximate surface area is 191 Å². The van der Waals surface area contributed by atoms with Gasteiger partial charge in [-0.3, -0.25) is 4.79 Å². The predicted octanol–water partition coefficient (Wildman–Crippen LogP) is 3.26. The number of carbonyl (C=O) groups excluding carboxylic acids is 1. The molecule has 0 saturated carbocycles. The van der Waals surface area contributed by atoms with Crippen LogP contribution in [0.5, 0.6) is 11.6 Å². The van der Waals surface area contributed by atoms with Crippen LogP contribution in [0.4, 0.5) is 13.2 Å². The molecule has 0 bridgehead atoms. The minimum atomic E-state index is -4.47. The van der Waals surface area contributed by atoms with Crippen molar-refractivity contribution in [3.8, 4) is 28.8 Å². The number of halogens is 3. The second-order valence-electron chi connectivity index (χ2n) is 8.08. The Bertz CT molecular complexity index is 1280. The smallest absolute Gasteiger partial charge is 0.425 e. The largest absolute Gasteiger partial charge is 0.491 e. The summed E-state index contributed by atoms with van der Waals surface area (Å²) in [6.07, 6.45) is -4.52. The first-order valence-electron chi connectivity index (χ1n) is 10.5. The third-order valence-electron chi connectivity index (χ3n) is 5.72. The zero-order valence-corrected chi connectivity index (χ0v) is 17.7. The Morgan fingerprint density at radius 3 is 2.76 bits per heavy atom. The lowest BCUT2D eigenvalue weighted by Crippen LogP contribution is -2.42. The number of benzene rings is 1. The number of aromatic nitrogens is 3. The number of pyridine rings is 1. The molecular weight excluding hydrogens is 451 g/mol. The van der Waals surface area contributed by atoms with Crippen LogP contribution in [0.25, 0.3) is 11.1 Å². The van der Waals surface area contributed by atoms with Crippen molar-refractivity contribution >= 4 is 5.91 Å². The number of hydrogen-bond donors (Lipinski definition) is 1. The van der Waals surface area contributed by atoms with Gasteiger partial charge in [0.2, 0.25) is 5.88 Å². The molecule has 2 aliphatic rings. The lowest BCUT2D eigenvalue weighted by atomic mass is 9.97. The molecule has 2 atom stereocenters. The van der Waals surface area contributed by atoms with Crippen LogP contribution in [-0.4, -0.2) is 45.6 Å². The fraction of sp³-hybridized carbons (Fsp3) is 0.304. The van der Waals surface area contributed by atoms with E-state index < -0.39 is 18.2 Å². The number of alkyl halides is 3. The molecule has 5 rings (SSSR count). The van der Waals surface area contributed by atoms with E-state index in [9.17, 15) is 18.0 Å². The van der Waals surface area contributed by atoms with Gasteiger partial charge in [-0.1, -0.05) is 6.07 Å². The first kappa shape index (κ1) is 21.8. The number of aryl methyl sites for hydroxylation is 1. The molecule has 8 nitrogen and oxygen atoms in total. The summed E-state index contributed by atoms with van der Waals surface area (Å²) >= 11 is 0. The van der Waals surface area contributed by atoms with Gasteiger partial charge in [0, 0.05) is 30.8 Å². The van der Waals surface area contributed by atoms with Crippen LogP contribution in [0.1, 0.15) is 28.2 Å². The summed E-state index contributed by atoms with van der Waals surface area (Å²) in [6.45, 7) is 0.260. The minimum Gasteiger partial charge on any atom is -0.491 e. The monoisotopic (exact) mass is 469 g/mol. The summed E-state index contributed by atoms with van der Waals surface area (Å²) in [5.74, 6) is 0.114. The van der Waals surface area contributed by atoms with Crippen molar-refractivity contribution in [1.29, 1.82) is 5.26 Å². The zero-order chi connectivity index (χ0) is 23.9. The Hall–Kier alpha value is -4.07. The Morgan fingerprint density at radius 1 is 1.21 bits per heavy atom. The molecule has 1 amide bonds. The lowest BCUT2D eigenvalue weighted by Gasteiger charge is -2.26. The molecule has 2 aromatic heterocycles. The van der Waals surface area contributed by atoms with E-state index >= 15 is 0 Å². The zero-order valence-electron chi connectivity index (χ0n) is 17.7. The first-order valence-corrected chi connectivity index (χ1v) is 10.5. The van der Waals surface area contributed by atoms with Crippen LogP contribution in [0, 0.1) is 11.3 Å². The predicted molar refractivity (Wildman–Crippen MR) is 112 cm³/mol. The second-order valence-corrected chi connectivity index (χ2v) is 8.08. The number of nitrogens with one attached hydrogen (secondary N) is 1. The third kappa shape index (κ3) is 4.26. The van der Waals surface area contributed by atoms with E-state index in [0.717, 1.165) is 16.7 Å². The van der Waals surface area contributed by atoms with Crippen LogP contribution in [-0.2, 0) is 13.0 Å². The molecule has 0 spiro atoms. The number of ether oxygens (including phenoxy) is 2. The molecule has 4 heterocycles. The Morgan fingerprint density at radius 2 is 2.03 bits per heavy atom. The Kier molecular flexibility index (Phi) is 5.36. The fourth-order valence-electron chi connectivity index (χ4n) is 4.00. The van der Waals surface area contributed by atoms with Crippen LogP contribution in [0.2, 0.25) is 0 Å². The highest BCUT2D eigenvalue weighted by atomic mass is 19.4. The van der Waals surface area contributed by atoms with E-state index in [0.29, 0.717) is 17.9 Å². The van der Waals surface area contributed by atoms with E-state index in [4.69, 9.17) is 14.7 Å². The number of fused-ring (bicyclic) bond motifs is 2. The van der Waals surface area contributed by atoms with Crippen molar-refractivity contribution in [1.82, 2.24) is 20.1 Å². The Balaban J connectivity index is 1.27. The van der Waals surface area contributed by atoms with E-state index in [1.165, 1.54) is 10.7 Å². The molecule has 0 fully saturated rings. The highest BCUT2D eigenvalue weighted by molar-refractivity contribution is 5.92. The van der Waals surface area contributed by atoms with Crippen molar-refractivity contribution in [3.63, 3.8) is 0 Å².